The summed E-state index contributed by atoms with van der Waals surface area (Å²) in [4.78, 5) is 30.4. The highest BCUT2D eigenvalue weighted by molar-refractivity contribution is 5.95. The first kappa shape index (κ1) is 20.3. The summed E-state index contributed by atoms with van der Waals surface area (Å²) >= 11 is 0. The number of carbonyl (C=O) groups is 2. The van der Waals surface area contributed by atoms with Crippen LogP contribution in [0.3, 0.4) is 0 Å². The van der Waals surface area contributed by atoms with Gasteiger partial charge in [-0.1, -0.05) is 0 Å². The second-order valence-electron chi connectivity index (χ2n) is 9.96. The number of halogens is 1. The van der Waals surface area contributed by atoms with Crippen LogP contribution < -0.4 is 9.80 Å². The maximum atomic E-state index is 15.0. The molecule has 5 saturated heterocycles. The molecule has 6 fully saturated rings. The third-order valence-electron chi connectivity index (χ3n) is 7.84. The van der Waals surface area contributed by atoms with Gasteiger partial charge in [0.25, 0.3) is 0 Å². The molecule has 5 aliphatic heterocycles. The molecule has 32 heavy (non-hydrogen) atoms. The second-order valence-corrected chi connectivity index (χ2v) is 9.96. The SMILES string of the molecule is O=C1CCCN1c1ccc(N2CCCC(OC(=O)N3C4CC5CC(C4)OC3C5)C2)c(F)c1. The lowest BCUT2D eigenvalue weighted by atomic mass is 9.75. The first-order valence-corrected chi connectivity index (χ1v) is 12.0. The maximum Gasteiger partial charge on any atom is 0.412 e. The summed E-state index contributed by atoms with van der Waals surface area (Å²) in [5, 5.41) is 0. The number of nitrogens with zero attached hydrogens (tertiary/aromatic N) is 3. The largest absolute Gasteiger partial charge is 0.444 e. The van der Waals surface area contributed by atoms with Gasteiger partial charge in [-0.2, -0.15) is 0 Å². The lowest BCUT2D eigenvalue weighted by molar-refractivity contribution is -0.220. The number of amides is 2. The smallest absolute Gasteiger partial charge is 0.412 e. The monoisotopic (exact) mass is 443 g/mol. The minimum Gasteiger partial charge on any atom is -0.444 e. The molecular weight excluding hydrogens is 413 g/mol. The molecule has 0 N–H and O–H groups in total. The Hall–Kier alpha value is -2.35. The molecule has 1 aromatic rings. The fourth-order valence-corrected chi connectivity index (χ4v) is 6.42. The van der Waals surface area contributed by atoms with E-state index >= 15 is 0 Å². The number of hydrogen-bond acceptors (Lipinski definition) is 5. The third-order valence-corrected chi connectivity index (χ3v) is 7.84. The number of hydrogen-bond donors (Lipinski definition) is 0. The van der Waals surface area contributed by atoms with Crippen molar-refractivity contribution in [1.29, 1.82) is 0 Å². The van der Waals surface area contributed by atoms with Gasteiger partial charge in [-0.05, 0) is 69.1 Å². The molecule has 2 amide bonds. The first-order valence-electron chi connectivity index (χ1n) is 12.0. The van der Waals surface area contributed by atoms with Crippen LogP contribution in [0.2, 0.25) is 0 Å². The number of anilines is 2. The van der Waals surface area contributed by atoms with Crippen LogP contribution in [0.15, 0.2) is 18.2 Å². The molecule has 0 radical (unpaired) electrons. The predicted octanol–water partition coefficient (Wildman–Crippen LogP) is 3.66. The van der Waals surface area contributed by atoms with Gasteiger partial charge in [0.2, 0.25) is 5.91 Å². The Morgan fingerprint density at radius 3 is 2.78 bits per heavy atom. The van der Waals surface area contributed by atoms with Crippen LogP contribution >= 0.6 is 0 Å². The highest BCUT2D eigenvalue weighted by Gasteiger charge is 2.50. The number of piperidine rings is 2. The summed E-state index contributed by atoms with van der Waals surface area (Å²) in [6.07, 6.45) is 6.55. The van der Waals surface area contributed by atoms with E-state index in [-0.39, 0.29) is 36.2 Å². The minimum absolute atomic E-state index is 0.0471. The summed E-state index contributed by atoms with van der Waals surface area (Å²) in [5.41, 5.74) is 1.11. The van der Waals surface area contributed by atoms with Gasteiger partial charge in [0.05, 0.1) is 18.3 Å². The Labute approximate surface area is 187 Å². The van der Waals surface area contributed by atoms with Crippen LogP contribution in [0.1, 0.15) is 51.4 Å². The summed E-state index contributed by atoms with van der Waals surface area (Å²) < 4.78 is 26.9. The molecule has 7 rings (SSSR count). The highest BCUT2D eigenvalue weighted by atomic mass is 19.1. The molecule has 0 spiro atoms. The molecule has 1 aromatic carbocycles. The fourth-order valence-electron chi connectivity index (χ4n) is 6.42. The highest BCUT2D eigenvalue weighted by Crippen LogP contribution is 2.45. The second kappa shape index (κ2) is 7.90. The van der Waals surface area contributed by atoms with Crippen LogP contribution in [0.5, 0.6) is 0 Å². The van der Waals surface area contributed by atoms with Crippen molar-refractivity contribution in [2.24, 2.45) is 5.92 Å². The molecule has 0 aromatic heterocycles. The standard InChI is InChI=1S/C24H30FN3O4/c25-20-13-16(27-8-2-4-22(27)29)5-6-21(20)26-7-1-3-18(14-26)32-24(30)28-17-9-15-10-19(12-17)31-23(28)11-15/h5-6,13,15,17-19,23H,1-4,7-12,14H2. The third kappa shape index (κ3) is 3.52. The molecule has 4 bridgehead atoms. The Balaban J connectivity index is 1.11. The fraction of sp³-hybridized carbons (Fsp3) is 0.667. The Morgan fingerprint density at radius 2 is 2.03 bits per heavy atom. The van der Waals surface area contributed by atoms with Crippen molar-refractivity contribution in [1.82, 2.24) is 4.90 Å². The average molecular weight is 444 g/mol. The van der Waals surface area contributed by atoms with Gasteiger partial charge in [-0.3, -0.25) is 9.69 Å². The summed E-state index contributed by atoms with van der Waals surface area (Å²) in [6.45, 7) is 1.83. The lowest BCUT2D eigenvalue weighted by Gasteiger charge is -2.55. The van der Waals surface area contributed by atoms with Gasteiger partial charge in [-0.25, -0.2) is 9.18 Å². The van der Waals surface area contributed by atoms with Crippen molar-refractivity contribution >= 4 is 23.4 Å². The van der Waals surface area contributed by atoms with E-state index in [1.165, 1.54) is 6.07 Å². The summed E-state index contributed by atoms with van der Waals surface area (Å²) in [5.74, 6) is 0.381. The van der Waals surface area contributed by atoms with Gasteiger partial charge in [0.15, 0.2) is 0 Å². The molecule has 1 saturated carbocycles. The van der Waals surface area contributed by atoms with Crippen LogP contribution in [-0.4, -0.2) is 61.0 Å². The van der Waals surface area contributed by atoms with Crippen LogP contribution in [0.25, 0.3) is 0 Å². The van der Waals surface area contributed by atoms with Gasteiger partial charge in [0.1, 0.15) is 18.1 Å². The van der Waals surface area contributed by atoms with E-state index in [0.717, 1.165) is 44.9 Å². The van der Waals surface area contributed by atoms with E-state index in [9.17, 15) is 14.0 Å². The summed E-state index contributed by atoms with van der Waals surface area (Å²) in [7, 11) is 0. The van der Waals surface area contributed by atoms with Crippen molar-refractivity contribution in [3.8, 4) is 0 Å². The van der Waals surface area contributed by atoms with E-state index in [4.69, 9.17) is 9.47 Å². The van der Waals surface area contributed by atoms with Gasteiger partial charge in [0, 0.05) is 31.2 Å². The van der Waals surface area contributed by atoms with Crippen molar-refractivity contribution < 1.29 is 23.5 Å². The molecule has 1 aliphatic carbocycles. The van der Waals surface area contributed by atoms with Gasteiger partial charge >= 0.3 is 6.09 Å². The van der Waals surface area contributed by atoms with Crippen LogP contribution in [-0.2, 0) is 14.3 Å². The number of rotatable bonds is 3. The molecule has 7 nitrogen and oxygen atoms in total. The van der Waals surface area contributed by atoms with Crippen molar-refractivity contribution in [3.63, 3.8) is 0 Å². The Kier molecular flexibility index (Phi) is 5.01. The Bertz CT molecular complexity index is 897. The lowest BCUT2D eigenvalue weighted by Crippen LogP contribution is -2.63. The Morgan fingerprint density at radius 1 is 1.12 bits per heavy atom. The number of carbonyl (C=O) groups excluding carboxylic acids is 2. The number of ether oxygens (including phenoxy) is 2. The molecule has 172 valence electrons. The van der Waals surface area contributed by atoms with Gasteiger partial charge in [-0.15, -0.1) is 0 Å². The zero-order valence-corrected chi connectivity index (χ0v) is 18.2. The quantitative estimate of drug-likeness (QED) is 0.714. The molecular formula is C24H30FN3O4. The first-order chi connectivity index (χ1) is 15.5. The number of benzene rings is 1. The zero-order chi connectivity index (χ0) is 21.8. The average Bonchev–Trinajstić information content (AvgIpc) is 3.19. The van der Waals surface area contributed by atoms with E-state index < -0.39 is 0 Å². The topological polar surface area (TPSA) is 62.3 Å². The molecule has 8 heteroatoms. The zero-order valence-electron chi connectivity index (χ0n) is 18.2. The van der Waals surface area contributed by atoms with Crippen LogP contribution in [0, 0.1) is 11.7 Å². The van der Waals surface area contributed by atoms with Crippen molar-refractivity contribution in [2.45, 2.75) is 75.8 Å². The van der Waals surface area contributed by atoms with Crippen molar-refractivity contribution in [2.75, 3.05) is 29.4 Å². The minimum atomic E-state index is -0.340. The molecule has 6 aliphatic rings. The van der Waals surface area contributed by atoms with E-state index in [2.05, 4.69) is 0 Å². The van der Waals surface area contributed by atoms with Crippen LogP contribution in [0.4, 0.5) is 20.6 Å². The molecule has 5 heterocycles. The van der Waals surface area contributed by atoms with Crippen molar-refractivity contribution in [3.05, 3.63) is 24.0 Å². The molecule has 5 atom stereocenters. The predicted molar refractivity (Wildman–Crippen MR) is 116 cm³/mol. The normalized spacial score (nSPS) is 33.8. The maximum absolute atomic E-state index is 15.0. The van der Waals surface area contributed by atoms with E-state index in [1.807, 2.05) is 15.9 Å². The molecule has 5 unspecified atom stereocenters. The van der Waals surface area contributed by atoms with E-state index in [1.54, 1.807) is 11.0 Å². The van der Waals surface area contributed by atoms with E-state index in [0.29, 0.717) is 49.5 Å². The summed E-state index contributed by atoms with van der Waals surface area (Å²) in [6, 6.07) is 5.24. The van der Waals surface area contributed by atoms with Gasteiger partial charge < -0.3 is 19.3 Å².